The Bertz CT molecular complexity index is 597. The molecule has 19 heavy (non-hydrogen) atoms. The highest BCUT2D eigenvalue weighted by Crippen LogP contribution is 2.19. The molecule has 2 N–H and O–H groups in total. The summed E-state index contributed by atoms with van der Waals surface area (Å²) in [5.74, 6) is -0.566. The summed E-state index contributed by atoms with van der Waals surface area (Å²) >= 11 is 0. The van der Waals surface area contributed by atoms with Crippen LogP contribution in [0, 0.1) is 13.8 Å². The molecule has 0 aliphatic heterocycles. The first-order valence-corrected chi connectivity index (χ1v) is 5.92. The van der Waals surface area contributed by atoms with Crippen LogP contribution >= 0.6 is 0 Å². The topological polar surface area (TPSA) is 75.1 Å². The number of pyridine rings is 2. The Morgan fingerprint density at radius 2 is 2.00 bits per heavy atom. The predicted molar refractivity (Wildman–Crippen MR) is 72.2 cm³/mol. The van der Waals surface area contributed by atoms with Crippen molar-refractivity contribution in [2.45, 2.75) is 20.4 Å². The van der Waals surface area contributed by atoms with E-state index < -0.39 is 5.97 Å². The fourth-order valence-corrected chi connectivity index (χ4v) is 1.92. The molecule has 98 valence electrons. The number of aryl methyl sites for hydroxylation is 2. The van der Waals surface area contributed by atoms with Crippen LogP contribution in [0.1, 0.15) is 27.2 Å². The van der Waals surface area contributed by atoms with E-state index in [-0.39, 0.29) is 5.56 Å². The van der Waals surface area contributed by atoms with Crippen LogP contribution in [-0.2, 0) is 6.54 Å². The average Bonchev–Trinajstić information content (AvgIpc) is 2.36. The van der Waals surface area contributed by atoms with Crippen LogP contribution in [0.5, 0.6) is 0 Å². The summed E-state index contributed by atoms with van der Waals surface area (Å²) in [6.45, 7) is 4.13. The van der Waals surface area contributed by atoms with Gasteiger partial charge in [0.1, 0.15) is 11.4 Å². The first-order valence-electron chi connectivity index (χ1n) is 5.92. The van der Waals surface area contributed by atoms with Crippen LogP contribution in [-0.4, -0.2) is 21.0 Å². The predicted octanol–water partition coefficient (Wildman–Crippen LogP) is 2.40. The van der Waals surface area contributed by atoms with Gasteiger partial charge in [0.05, 0.1) is 0 Å². The number of nitrogens with one attached hydrogen (secondary N) is 1. The summed E-state index contributed by atoms with van der Waals surface area (Å²) in [6.07, 6.45) is 3.40. The third-order valence-corrected chi connectivity index (χ3v) is 2.77. The lowest BCUT2D eigenvalue weighted by Gasteiger charge is -2.11. The maximum absolute atomic E-state index is 11.3. The second-order valence-electron chi connectivity index (χ2n) is 4.32. The number of aromatic carboxylic acids is 1. The zero-order valence-electron chi connectivity index (χ0n) is 10.8. The normalized spacial score (nSPS) is 10.2. The second kappa shape index (κ2) is 5.48. The van der Waals surface area contributed by atoms with Crippen molar-refractivity contribution in [2.24, 2.45) is 0 Å². The minimum absolute atomic E-state index is 0.222. The van der Waals surface area contributed by atoms with E-state index in [1.54, 1.807) is 25.4 Å². The van der Waals surface area contributed by atoms with Crippen molar-refractivity contribution in [3.05, 3.63) is 53.0 Å². The molecular weight excluding hydrogens is 242 g/mol. The molecule has 2 aromatic rings. The van der Waals surface area contributed by atoms with Crippen molar-refractivity contribution >= 4 is 11.8 Å². The summed E-state index contributed by atoms with van der Waals surface area (Å²) in [6, 6.07) is 5.51. The maximum Gasteiger partial charge on any atom is 0.339 e. The molecule has 0 bridgehead atoms. The SMILES string of the molecule is Cc1cc(C)c(C(=O)O)c(NCc2ccncc2)n1. The molecule has 0 saturated carbocycles. The standard InChI is InChI=1S/C14H15N3O2/c1-9-7-10(2)17-13(12(9)14(18)19)16-8-11-3-5-15-6-4-11/h3-7H,8H2,1-2H3,(H,16,17)(H,18,19). The zero-order valence-corrected chi connectivity index (χ0v) is 10.8. The number of carbonyl (C=O) groups is 1. The summed E-state index contributed by atoms with van der Waals surface area (Å²) in [7, 11) is 0. The van der Waals surface area contributed by atoms with Crippen LogP contribution in [0.15, 0.2) is 30.6 Å². The molecule has 0 fully saturated rings. The largest absolute Gasteiger partial charge is 0.478 e. The quantitative estimate of drug-likeness (QED) is 0.879. The van der Waals surface area contributed by atoms with Gasteiger partial charge in [0.25, 0.3) is 0 Å². The maximum atomic E-state index is 11.3. The van der Waals surface area contributed by atoms with Gasteiger partial charge in [-0.05, 0) is 43.2 Å². The molecule has 0 aliphatic rings. The molecule has 2 aromatic heterocycles. The lowest BCUT2D eigenvalue weighted by Crippen LogP contribution is -2.11. The monoisotopic (exact) mass is 257 g/mol. The van der Waals surface area contributed by atoms with Crippen molar-refractivity contribution in [3.63, 3.8) is 0 Å². The molecule has 0 atom stereocenters. The van der Waals surface area contributed by atoms with E-state index in [0.717, 1.165) is 11.3 Å². The van der Waals surface area contributed by atoms with Gasteiger partial charge in [-0.3, -0.25) is 4.98 Å². The van der Waals surface area contributed by atoms with E-state index in [1.165, 1.54) is 0 Å². The second-order valence-corrected chi connectivity index (χ2v) is 4.32. The number of rotatable bonds is 4. The Morgan fingerprint density at radius 3 is 2.63 bits per heavy atom. The summed E-state index contributed by atoms with van der Waals surface area (Å²) in [5, 5.41) is 12.3. The first kappa shape index (κ1) is 13.0. The Kier molecular flexibility index (Phi) is 3.75. The lowest BCUT2D eigenvalue weighted by atomic mass is 10.1. The van der Waals surface area contributed by atoms with Crippen LogP contribution in [0.3, 0.4) is 0 Å². The van der Waals surface area contributed by atoms with Crippen molar-refractivity contribution in [2.75, 3.05) is 5.32 Å². The third kappa shape index (κ3) is 3.07. The first-order chi connectivity index (χ1) is 9.08. The number of nitrogens with zero attached hydrogens (tertiary/aromatic N) is 2. The molecular formula is C14H15N3O2. The molecule has 0 spiro atoms. The van der Waals surface area contributed by atoms with E-state index in [4.69, 9.17) is 0 Å². The van der Waals surface area contributed by atoms with Crippen LogP contribution < -0.4 is 5.32 Å². The van der Waals surface area contributed by atoms with Crippen LogP contribution in [0.2, 0.25) is 0 Å². The number of hydrogen-bond acceptors (Lipinski definition) is 4. The highest BCUT2D eigenvalue weighted by molar-refractivity contribution is 5.94. The molecule has 0 radical (unpaired) electrons. The van der Waals surface area contributed by atoms with Gasteiger partial charge in [0.15, 0.2) is 0 Å². The highest BCUT2D eigenvalue weighted by atomic mass is 16.4. The fourth-order valence-electron chi connectivity index (χ4n) is 1.92. The Labute approximate surface area is 111 Å². The molecule has 2 rings (SSSR count). The summed E-state index contributed by atoms with van der Waals surface area (Å²) < 4.78 is 0. The Balaban J connectivity index is 2.27. The van der Waals surface area contributed by atoms with Crippen molar-refractivity contribution in [1.82, 2.24) is 9.97 Å². The van der Waals surface area contributed by atoms with Crippen LogP contribution in [0.25, 0.3) is 0 Å². The molecule has 5 heteroatoms. The Hall–Kier alpha value is -2.43. The van der Waals surface area contributed by atoms with Crippen LogP contribution in [0.4, 0.5) is 5.82 Å². The average molecular weight is 257 g/mol. The minimum atomic E-state index is -0.970. The molecule has 0 aromatic carbocycles. The van der Waals surface area contributed by atoms with Gasteiger partial charge >= 0.3 is 5.97 Å². The van der Waals surface area contributed by atoms with Crippen molar-refractivity contribution < 1.29 is 9.90 Å². The van der Waals surface area contributed by atoms with Crippen molar-refractivity contribution in [3.8, 4) is 0 Å². The number of anilines is 1. The fraction of sp³-hybridized carbons (Fsp3) is 0.214. The van der Waals surface area contributed by atoms with Gasteiger partial charge < -0.3 is 10.4 Å². The lowest BCUT2D eigenvalue weighted by molar-refractivity contribution is 0.0697. The van der Waals surface area contributed by atoms with E-state index in [9.17, 15) is 9.90 Å². The van der Waals surface area contributed by atoms with E-state index in [0.29, 0.717) is 17.9 Å². The molecule has 5 nitrogen and oxygen atoms in total. The van der Waals surface area contributed by atoms with Gasteiger partial charge in [0, 0.05) is 24.6 Å². The molecule has 0 amide bonds. The number of hydrogen-bond donors (Lipinski definition) is 2. The van der Waals surface area contributed by atoms with E-state index >= 15 is 0 Å². The zero-order chi connectivity index (χ0) is 13.8. The highest BCUT2D eigenvalue weighted by Gasteiger charge is 2.15. The van der Waals surface area contributed by atoms with E-state index in [2.05, 4.69) is 15.3 Å². The van der Waals surface area contributed by atoms with Gasteiger partial charge in [-0.15, -0.1) is 0 Å². The van der Waals surface area contributed by atoms with Gasteiger partial charge in [-0.1, -0.05) is 0 Å². The summed E-state index contributed by atoms with van der Waals surface area (Å²) in [4.78, 5) is 19.5. The van der Waals surface area contributed by atoms with Gasteiger partial charge in [0.2, 0.25) is 0 Å². The van der Waals surface area contributed by atoms with Gasteiger partial charge in [-0.25, -0.2) is 9.78 Å². The molecule has 0 unspecified atom stereocenters. The third-order valence-electron chi connectivity index (χ3n) is 2.77. The summed E-state index contributed by atoms with van der Waals surface area (Å²) in [5.41, 5.74) is 2.74. The Morgan fingerprint density at radius 1 is 1.32 bits per heavy atom. The molecule has 0 saturated heterocycles. The molecule has 0 aliphatic carbocycles. The van der Waals surface area contributed by atoms with Crippen molar-refractivity contribution in [1.29, 1.82) is 0 Å². The number of carboxylic acid groups (broad SMARTS) is 1. The smallest absolute Gasteiger partial charge is 0.339 e. The number of carboxylic acids is 1. The minimum Gasteiger partial charge on any atom is -0.478 e. The van der Waals surface area contributed by atoms with E-state index in [1.807, 2.05) is 19.1 Å². The number of aromatic nitrogens is 2. The van der Waals surface area contributed by atoms with Gasteiger partial charge in [-0.2, -0.15) is 0 Å². The molecule has 2 heterocycles.